The summed E-state index contributed by atoms with van der Waals surface area (Å²) in [6.45, 7) is 14.0. The zero-order valence-electron chi connectivity index (χ0n) is 18.6. The Morgan fingerprint density at radius 1 is 0.828 bits per heavy atom. The summed E-state index contributed by atoms with van der Waals surface area (Å²) in [7, 11) is 0. The third-order valence-electron chi connectivity index (χ3n) is 7.38. The van der Waals surface area contributed by atoms with Crippen molar-refractivity contribution < 1.29 is 23.8 Å². The minimum absolute atomic E-state index is 0.0291. The lowest BCUT2D eigenvalue weighted by Gasteiger charge is -2.43. The summed E-state index contributed by atoms with van der Waals surface area (Å²) in [5, 5.41) is 6.76. The highest BCUT2D eigenvalue weighted by Crippen LogP contribution is 2.53. The van der Waals surface area contributed by atoms with E-state index in [1.807, 2.05) is 27.7 Å². The Morgan fingerprint density at radius 2 is 1.21 bits per heavy atom. The highest BCUT2D eigenvalue weighted by molar-refractivity contribution is 5.77. The van der Waals surface area contributed by atoms with Gasteiger partial charge in [0.2, 0.25) is 0 Å². The standard InChI is InChI=1S/C22H36N2O5/c1-19(2,28-17(25)15-13-7-21(15,5)9-23-13)11-27-12-20(3,4)29-18(26)16-14-8-22(16,6)10-24-14/h13-16,23-24H,7-12H2,1-6H3. The second-order valence-corrected chi connectivity index (χ2v) is 11.5. The van der Waals surface area contributed by atoms with Gasteiger partial charge in [0.1, 0.15) is 11.2 Å². The van der Waals surface area contributed by atoms with Crippen LogP contribution in [0, 0.1) is 22.7 Å². The van der Waals surface area contributed by atoms with E-state index < -0.39 is 11.2 Å². The van der Waals surface area contributed by atoms with Gasteiger partial charge in [-0.05, 0) is 51.4 Å². The number of carbonyl (C=O) groups excluding carboxylic acids is 2. The highest BCUT2D eigenvalue weighted by Gasteiger charge is 2.61. The van der Waals surface area contributed by atoms with E-state index in [1.165, 1.54) is 0 Å². The van der Waals surface area contributed by atoms with Gasteiger partial charge < -0.3 is 24.8 Å². The van der Waals surface area contributed by atoms with Crippen molar-refractivity contribution in [2.75, 3.05) is 26.3 Å². The highest BCUT2D eigenvalue weighted by atomic mass is 16.6. The van der Waals surface area contributed by atoms with E-state index in [2.05, 4.69) is 24.5 Å². The lowest BCUT2D eigenvalue weighted by molar-refractivity contribution is -0.184. The molecule has 6 fully saturated rings. The summed E-state index contributed by atoms with van der Waals surface area (Å²) >= 11 is 0. The van der Waals surface area contributed by atoms with Crippen molar-refractivity contribution in [2.45, 2.75) is 77.7 Å². The predicted molar refractivity (Wildman–Crippen MR) is 107 cm³/mol. The first kappa shape index (κ1) is 21.1. The molecule has 0 spiro atoms. The van der Waals surface area contributed by atoms with Crippen LogP contribution in [0.15, 0.2) is 0 Å². The van der Waals surface area contributed by atoms with Crippen LogP contribution in [0.4, 0.5) is 0 Å². The number of rotatable bonds is 8. The molecule has 2 N–H and O–H groups in total. The van der Waals surface area contributed by atoms with Gasteiger partial charge in [-0.2, -0.15) is 0 Å². The third-order valence-corrected chi connectivity index (χ3v) is 7.38. The Kier molecular flexibility index (Phi) is 4.84. The van der Waals surface area contributed by atoms with Crippen LogP contribution < -0.4 is 10.6 Å². The SMILES string of the molecule is CC(C)(COCC(C)(C)OC(=O)C1C2CC1(C)CN2)OC(=O)C1C2CC1(C)CN2. The van der Waals surface area contributed by atoms with Crippen molar-refractivity contribution >= 4 is 11.9 Å². The fourth-order valence-electron chi connectivity index (χ4n) is 5.79. The van der Waals surface area contributed by atoms with Crippen LogP contribution in [0.2, 0.25) is 0 Å². The second kappa shape index (κ2) is 6.66. The minimum Gasteiger partial charge on any atom is -0.457 e. The molecule has 2 aliphatic carbocycles. The molecule has 6 rings (SSSR count). The van der Waals surface area contributed by atoms with Crippen LogP contribution in [-0.2, 0) is 23.8 Å². The number of hydrogen-bond acceptors (Lipinski definition) is 7. The number of hydrogen-bond donors (Lipinski definition) is 2. The molecule has 7 heteroatoms. The summed E-state index contributed by atoms with van der Waals surface area (Å²) in [6.07, 6.45) is 2.08. The van der Waals surface area contributed by atoms with Gasteiger partial charge >= 0.3 is 11.9 Å². The van der Waals surface area contributed by atoms with E-state index in [0.717, 1.165) is 25.9 Å². The fraction of sp³-hybridized carbons (Fsp3) is 0.909. The number of ether oxygens (including phenoxy) is 3. The molecule has 4 aliphatic heterocycles. The molecule has 0 amide bonds. The molecule has 6 aliphatic rings. The van der Waals surface area contributed by atoms with Crippen LogP contribution in [0.1, 0.15) is 54.4 Å². The van der Waals surface area contributed by atoms with Gasteiger partial charge in [0.25, 0.3) is 0 Å². The van der Waals surface area contributed by atoms with Crippen molar-refractivity contribution in [1.29, 1.82) is 0 Å². The molecule has 6 unspecified atom stereocenters. The summed E-state index contributed by atoms with van der Waals surface area (Å²) in [5.74, 6) is -0.414. The molecular weight excluding hydrogens is 372 g/mol. The molecule has 7 nitrogen and oxygen atoms in total. The second-order valence-electron chi connectivity index (χ2n) is 11.5. The van der Waals surface area contributed by atoms with Gasteiger partial charge in [-0.1, -0.05) is 13.8 Å². The molecule has 2 saturated carbocycles. The Morgan fingerprint density at radius 3 is 1.48 bits per heavy atom. The molecule has 164 valence electrons. The average molecular weight is 409 g/mol. The molecule has 0 radical (unpaired) electrons. The largest absolute Gasteiger partial charge is 0.457 e. The molecule has 0 aromatic heterocycles. The van der Waals surface area contributed by atoms with Crippen LogP contribution in [-0.4, -0.2) is 61.5 Å². The van der Waals surface area contributed by atoms with Crippen molar-refractivity contribution in [3.05, 3.63) is 0 Å². The maximum absolute atomic E-state index is 12.6. The maximum Gasteiger partial charge on any atom is 0.311 e. The monoisotopic (exact) mass is 408 g/mol. The molecule has 6 atom stereocenters. The summed E-state index contributed by atoms with van der Waals surface area (Å²) in [6, 6.07) is 0.501. The minimum atomic E-state index is -0.729. The molecule has 29 heavy (non-hydrogen) atoms. The van der Waals surface area contributed by atoms with Crippen LogP contribution in [0.5, 0.6) is 0 Å². The number of esters is 2. The fourth-order valence-corrected chi connectivity index (χ4v) is 5.79. The lowest BCUT2D eigenvalue weighted by Crippen LogP contribution is -2.52. The molecule has 0 aromatic carbocycles. The summed E-state index contributed by atoms with van der Waals surface area (Å²) < 4.78 is 17.4. The first-order chi connectivity index (χ1) is 13.3. The zero-order valence-corrected chi connectivity index (χ0v) is 18.6. The number of fused-ring (bicyclic) bond motifs is 2. The van der Waals surface area contributed by atoms with Crippen LogP contribution in [0.25, 0.3) is 0 Å². The molecule has 4 heterocycles. The van der Waals surface area contributed by atoms with Gasteiger partial charge in [0, 0.05) is 25.2 Å². The Hall–Kier alpha value is -1.18. The first-order valence-electron chi connectivity index (χ1n) is 10.8. The Bertz CT molecular complexity index is 641. The van der Waals surface area contributed by atoms with E-state index in [-0.39, 0.29) is 59.9 Å². The number of carbonyl (C=O) groups is 2. The van der Waals surface area contributed by atoms with Gasteiger partial charge in [-0.3, -0.25) is 9.59 Å². The Labute approximate surface area is 173 Å². The van der Waals surface area contributed by atoms with Gasteiger partial charge in [0.15, 0.2) is 0 Å². The van der Waals surface area contributed by atoms with E-state index in [1.54, 1.807) is 0 Å². The Balaban J connectivity index is 1.22. The molecule has 4 saturated heterocycles. The van der Waals surface area contributed by atoms with Crippen molar-refractivity contribution in [1.82, 2.24) is 10.6 Å². The molecule has 0 aromatic rings. The van der Waals surface area contributed by atoms with E-state index in [4.69, 9.17) is 14.2 Å². The van der Waals surface area contributed by atoms with Gasteiger partial charge in [-0.15, -0.1) is 0 Å². The molecular formula is C22H36N2O5. The normalized spacial score (nSPS) is 40.2. The van der Waals surface area contributed by atoms with Crippen LogP contribution in [0.3, 0.4) is 0 Å². The van der Waals surface area contributed by atoms with E-state index in [0.29, 0.717) is 0 Å². The quantitative estimate of drug-likeness (QED) is 0.591. The lowest BCUT2D eigenvalue weighted by atomic mass is 9.62. The average Bonchev–Trinajstić information content (AvgIpc) is 3.24. The van der Waals surface area contributed by atoms with Crippen molar-refractivity contribution in [2.24, 2.45) is 22.7 Å². The van der Waals surface area contributed by atoms with Crippen molar-refractivity contribution in [3.63, 3.8) is 0 Å². The van der Waals surface area contributed by atoms with Crippen LogP contribution >= 0.6 is 0 Å². The van der Waals surface area contributed by atoms with E-state index in [9.17, 15) is 9.59 Å². The smallest absolute Gasteiger partial charge is 0.311 e. The van der Waals surface area contributed by atoms with Gasteiger partial charge in [-0.25, -0.2) is 0 Å². The zero-order chi connectivity index (χ0) is 21.2. The summed E-state index contributed by atoms with van der Waals surface area (Å²) in [5.41, 5.74) is -1.40. The topological polar surface area (TPSA) is 85.9 Å². The predicted octanol–water partition coefficient (Wildman–Crippen LogP) is 1.64. The summed E-state index contributed by atoms with van der Waals surface area (Å²) in [4.78, 5) is 25.3. The van der Waals surface area contributed by atoms with Gasteiger partial charge in [0.05, 0.1) is 25.0 Å². The first-order valence-corrected chi connectivity index (χ1v) is 10.8. The molecule has 4 bridgehead atoms. The number of nitrogens with one attached hydrogen (secondary N) is 2. The maximum atomic E-state index is 12.6. The van der Waals surface area contributed by atoms with Crippen molar-refractivity contribution in [3.8, 4) is 0 Å². The van der Waals surface area contributed by atoms with E-state index >= 15 is 0 Å². The third kappa shape index (κ3) is 3.70.